The minimum atomic E-state index is -0.273. The van der Waals surface area contributed by atoms with Gasteiger partial charge in [0.25, 0.3) is 0 Å². The van der Waals surface area contributed by atoms with Crippen molar-refractivity contribution in [2.75, 3.05) is 28.8 Å². The number of pyridine rings is 1. The van der Waals surface area contributed by atoms with Crippen LogP contribution in [0.15, 0.2) is 116 Å². The van der Waals surface area contributed by atoms with E-state index in [-0.39, 0.29) is 6.71 Å². The lowest BCUT2D eigenvalue weighted by Crippen LogP contribution is -2.63. The van der Waals surface area contributed by atoms with Crippen LogP contribution in [0.5, 0.6) is 0 Å². The van der Waals surface area contributed by atoms with Crippen LogP contribution in [0.25, 0.3) is 21.8 Å². The van der Waals surface area contributed by atoms with Gasteiger partial charge in [0.15, 0.2) is 0 Å². The summed E-state index contributed by atoms with van der Waals surface area (Å²) >= 11 is 0. The van der Waals surface area contributed by atoms with Crippen molar-refractivity contribution in [2.24, 2.45) is 0 Å². The molecule has 9 heteroatoms. The standard InChI is InChI=1S/C35H25BN8/c1-42(2)22-16-18-23(19-17-22)43-29-14-7-15-30-31(29)36(34-32(43)25-10-3-5-12-27(25)38-40-34)35-33(44(30)24-9-8-20-37-21-24)26-11-4-6-13-28(26)39-41-35/h3-21H,1-2H3. The molecule has 0 N–H and O–H groups in total. The van der Waals surface area contributed by atoms with Crippen molar-refractivity contribution in [1.29, 1.82) is 0 Å². The Labute approximate surface area is 254 Å². The number of hydrogen-bond donors (Lipinski definition) is 0. The highest BCUT2D eigenvalue weighted by atomic mass is 15.2. The van der Waals surface area contributed by atoms with E-state index in [0.717, 1.165) is 78.3 Å². The molecule has 2 aliphatic rings. The van der Waals surface area contributed by atoms with E-state index in [2.05, 4.69) is 107 Å². The molecule has 3 aromatic heterocycles. The Bertz CT molecular complexity index is 2240. The Kier molecular flexibility index (Phi) is 5.25. The molecule has 0 unspecified atom stereocenters. The SMILES string of the molecule is CN(C)c1ccc(N2c3cccc4c3B(c3nnc5ccccc5c32)c2nnc3ccccc3c2N4c2cccnc2)cc1. The van der Waals surface area contributed by atoms with Crippen LogP contribution in [-0.4, -0.2) is 46.2 Å². The second-order valence-corrected chi connectivity index (χ2v) is 11.3. The molecule has 0 fully saturated rings. The molecule has 5 heterocycles. The van der Waals surface area contributed by atoms with Gasteiger partial charge in [-0.15, -0.1) is 0 Å². The van der Waals surface area contributed by atoms with Crippen molar-refractivity contribution >= 4 is 85.0 Å². The maximum atomic E-state index is 4.97. The molecule has 208 valence electrons. The number of rotatable bonds is 3. The first-order valence-corrected chi connectivity index (χ1v) is 14.6. The zero-order valence-electron chi connectivity index (χ0n) is 24.1. The van der Waals surface area contributed by atoms with E-state index in [1.54, 1.807) is 6.20 Å². The van der Waals surface area contributed by atoms with Crippen LogP contribution in [0.1, 0.15) is 0 Å². The highest BCUT2D eigenvalue weighted by Gasteiger charge is 2.47. The predicted molar refractivity (Wildman–Crippen MR) is 179 cm³/mol. The van der Waals surface area contributed by atoms with E-state index in [1.807, 2.05) is 36.5 Å². The fourth-order valence-corrected chi connectivity index (χ4v) is 6.76. The second-order valence-electron chi connectivity index (χ2n) is 11.3. The van der Waals surface area contributed by atoms with Gasteiger partial charge in [0.05, 0.1) is 45.5 Å². The number of nitrogens with zero attached hydrogens (tertiary/aromatic N) is 8. The van der Waals surface area contributed by atoms with E-state index >= 15 is 0 Å². The smallest absolute Gasteiger partial charge is 0.303 e. The molecule has 0 radical (unpaired) electrons. The monoisotopic (exact) mass is 568 g/mol. The number of fused-ring (bicyclic) bond motifs is 8. The molecule has 4 aromatic carbocycles. The molecule has 0 bridgehead atoms. The Morgan fingerprint density at radius 3 is 1.73 bits per heavy atom. The Morgan fingerprint density at radius 1 is 0.568 bits per heavy atom. The quantitative estimate of drug-likeness (QED) is 0.272. The summed E-state index contributed by atoms with van der Waals surface area (Å²) in [4.78, 5) is 11.2. The maximum Gasteiger partial charge on any atom is 0.303 e. The summed E-state index contributed by atoms with van der Waals surface area (Å²) in [5.41, 5.74) is 11.8. The first-order valence-electron chi connectivity index (χ1n) is 14.6. The fourth-order valence-electron chi connectivity index (χ4n) is 6.76. The van der Waals surface area contributed by atoms with Crippen LogP contribution in [-0.2, 0) is 0 Å². The predicted octanol–water partition coefficient (Wildman–Crippen LogP) is 5.12. The van der Waals surface area contributed by atoms with Gasteiger partial charge in [-0.2, -0.15) is 20.4 Å². The summed E-state index contributed by atoms with van der Waals surface area (Å²) in [5, 5.41) is 21.5. The first kappa shape index (κ1) is 24.7. The van der Waals surface area contributed by atoms with Crippen LogP contribution >= 0.6 is 0 Å². The summed E-state index contributed by atoms with van der Waals surface area (Å²) in [7, 11) is 4.11. The van der Waals surface area contributed by atoms with Gasteiger partial charge in [-0.1, -0.05) is 42.5 Å². The summed E-state index contributed by atoms with van der Waals surface area (Å²) in [6.07, 6.45) is 3.71. The number of anilines is 7. The van der Waals surface area contributed by atoms with Gasteiger partial charge in [-0.25, -0.2) is 0 Å². The van der Waals surface area contributed by atoms with Gasteiger partial charge < -0.3 is 14.7 Å². The van der Waals surface area contributed by atoms with E-state index in [0.29, 0.717) is 0 Å². The molecule has 44 heavy (non-hydrogen) atoms. The molecule has 0 atom stereocenters. The largest absolute Gasteiger partial charge is 0.378 e. The third-order valence-electron chi connectivity index (χ3n) is 8.69. The van der Waals surface area contributed by atoms with E-state index in [1.165, 1.54) is 0 Å². The molecule has 9 rings (SSSR count). The maximum absolute atomic E-state index is 4.97. The second kappa shape index (κ2) is 9.34. The number of hydrogen-bond acceptors (Lipinski definition) is 8. The molecule has 0 aliphatic carbocycles. The zero-order valence-corrected chi connectivity index (χ0v) is 24.1. The van der Waals surface area contributed by atoms with Crippen molar-refractivity contribution in [3.63, 3.8) is 0 Å². The average molecular weight is 568 g/mol. The molecule has 2 aliphatic heterocycles. The molecule has 0 saturated heterocycles. The van der Waals surface area contributed by atoms with Crippen molar-refractivity contribution in [1.82, 2.24) is 25.4 Å². The summed E-state index contributed by atoms with van der Waals surface area (Å²) in [6, 6.07) is 35.7. The van der Waals surface area contributed by atoms with Crippen LogP contribution in [0.3, 0.4) is 0 Å². The van der Waals surface area contributed by atoms with Gasteiger partial charge in [0.1, 0.15) is 0 Å². The van der Waals surface area contributed by atoms with Gasteiger partial charge in [0.2, 0.25) is 0 Å². The molecule has 0 saturated carbocycles. The summed E-state index contributed by atoms with van der Waals surface area (Å²) < 4.78 is 0. The van der Waals surface area contributed by atoms with Crippen molar-refractivity contribution < 1.29 is 0 Å². The minimum Gasteiger partial charge on any atom is -0.378 e. The highest BCUT2D eigenvalue weighted by molar-refractivity contribution is 6.99. The normalized spacial score (nSPS) is 13.1. The number of aromatic nitrogens is 5. The van der Waals surface area contributed by atoms with Crippen molar-refractivity contribution in [3.8, 4) is 0 Å². The number of benzene rings is 4. The lowest BCUT2D eigenvalue weighted by Gasteiger charge is -2.42. The van der Waals surface area contributed by atoms with Gasteiger partial charge in [0, 0.05) is 53.8 Å². The molecule has 0 spiro atoms. The highest BCUT2D eigenvalue weighted by Crippen LogP contribution is 2.46. The van der Waals surface area contributed by atoms with Crippen molar-refractivity contribution in [2.45, 2.75) is 0 Å². The Hall–Kier alpha value is -5.83. The van der Waals surface area contributed by atoms with E-state index < -0.39 is 0 Å². The molecular formula is C35H25BN8. The van der Waals surface area contributed by atoms with Crippen LogP contribution in [0, 0.1) is 0 Å². The van der Waals surface area contributed by atoms with Gasteiger partial charge in [-0.05, 0) is 66.1 Å². The van der Waals surface area contributed by atoms with Crippen molar-refractivity contribution in [3.05, 3.63) is 116 Å². The molecule has 0 amide bonds. The average Bonchev–Trinajstić information content (AvgIpc) is 3.08. The molecule has 7 aromatic rings. The van der Waals surface area contributed by atoms with Crippen LogP contribution < -0.4 is 31.3 Å². The summed E-state index contributed by atoms with van der Waals surface area (Å²) in [6.45, 7) is -0.273. The zero-order chi connectivity index (χ0) is 29.4. The Balaban J connectivity index is 1.41. The fraction of sp³-hybridized carbons (Fsp3) is 0.0571. The first-order chi connectivity index (χ1) is 21.7. The lowest BCUT2D eigenvalue weighted by molar-refractivity contribution is 1.07. The third-order valence-corrected chi connectivity index (χ3v) is 8.69. The van der Waals surface area contributed by atoms with Gasteiger partial charge >= 0.3 is 6.71 Å². The lowest BCUT2D eigenvalue weighted by atomic mass is 9.36. The molecular weight excluding hydrogens is 543 g/mol. The van der Waals surface area contributed by atoms with Crippen LogP contribution in [0.2, 0.25) is 0 Å². The van der Waals surface area contributed by atoms with E-state index in [4.69, 9.17) is 20.4 Å². The molecule has 8 nitrogen and oxygen atoms in total. The summed E-state index contributed by atoms with van der Waals surface area (Å²) in [5.74, 6) is 0. The van der Waals surface area contributed by atoms with E-state index in [9.17, 15) is 0 Å². The van der Waals surface area contributed by atoms with Crippen LogP contribution in [0.4, 0.5) is 39.8 Å². The topological polar surface area (TPSA) is 74.2 Å². The minimum absolute atomic E-state index is 0.273. The third kappa shape index (κ3) is 3.43. The van der Waals surface area contributed by atoms with Gasteiger partial charge in [-0.3, -0.25) is 4.98 Å². The Morgan fingerprint density at radius 2 is 1.16 bits per heavy atom.